The van der Waals surface area contributed by atoms with Crippen LogP contribution in [0.1, 0.15) is 42.4 Å². The van der Waals surface area contributed by atoms with Crippen molar-refractivity contribution in [3.8, 4) is 16.9 Å². The highest BCUT2D eigenvalue weighted by molar-refractivity contribution is 6.12. The normalized spacial score (nSPS) is 13.2. The van der Waals surface area contributed by atoms with Gasteiger partial charge in [-0.15, -0.1) is 0 Å². The van der Waals surface area contributed by atoms with Crippen LogP contribution in [0.3, 0.4) is 0 Å². The van der Waals surface area contributed by atoms with Gasteiger partial charge in [0.1, 0.15) is 5.71 Å². The highest BCUT2D eigenvalue weighted by atomic mass is 19.1. The van der Waals surface area contributed by atoms with E-state index in [4.69, 9.17) is 11.1 Å². The molecule has 1 fully saturated rings. The summed E-state index contributed by atoms with van der Waals surface area (Å²) in [4.78, 5) is 21.2. The van der Waals surface area contributed by atoms with E-state index >= 15 is 0 Å². The summed E-state index contributed by atoms with van der Waals surface area (Å²) in [7, 11) is 1.76. The minimum Gasteiger partial charge on any atom is -0.505 e. The molecule has 1 saturated carbocycles. The number of nitrogens with two attached hydrogens (primary N) is 1. The smallest absolute Gasteiger partial charge is 0.225 e. The van der Waals surface area contributed by atoms with Crippen LogP contribution >= 0.6 is 0 Å². The van der Waals surface area contributed by atoms with Gasteiger partial charge in [-0.1, -0.05) is 19.1 Å². The van der Waals surface area contributed by atoms with Gasteiger partial charge in [0.25, 0.3) is 0 Å². The van der Waals surface area contributed by atoms with E-state index in [0.717, 1.165) is 24.1 Å². The largest absolute Gasteiger partial charge is 0.505 e. The molecule has 0 bridgehead atoms. The Hall–Kier alpha value is -3.68. The molecule has 7 nitrogen and oxygen atoms in total. The number of nitrogens with one attached hydrogen (secondary N) is 2. The van der Waals surface area contributed by atoms with Crippen LogP contribution in [-0.4, -0.2) is 38.6 Å². The number of anilines is 1. The molecule has 3 aromatic rings. The van der Waals surface area contributed by atoms with Crippen LogP contribution in [-0.2, 0) is 17.8 Å². The quantitative estimate of drug-likeness (QED) is 0.333. The Morgan fingerprint density at radius 1 is 1.34 bits per heavy atom. The van der Waals surface area contributed by atoms with E-state index in [1.54, 1.807) is 36.3 Å². The number of phenols is 1. The third-order valence-electron chi connectivity index (χ3n) is 5.76. The number of nitrogen functional groups attached to an aromatic ring is 1. The third-order valence-corrected chi connectivity index (χ3v) is 5.76. The summed E-state index contributed by atoms with van der Waals surface area (Å²) in [5.74, 6) is -0.435. The first-order valence-corrected chi connectivity index (χ1v) is 10.6. The second-order valence-electron chi connectivity index (χ2n) is 8.22. The number of imidazole rings is 1. The Bertz CT molecular complexity index is 1200. The fraction of sp³-hybridized carbons (Fsp3) is 0.292. The van der Waals surface area contributed by atoms with Crippen molar-refractivity contribution >= 4 is 17.3 Å². The van der Waals surface area contributed by atoms with Gasteiger partial charge in [0.05, 0.1) is 18.4 Å². The summed E-state index contributed by atoms with van der Waals surface area (Å²) in [6, 6.07) is 7.90. The number of aromatic amines is 1. The van der Waals surface area contributed by atoms with Crippen LogP contribution in [0.2, 0.25) is 0 Å². The van der Waals surface area contributed by atoms with Crippen LogP contribution < -0.4 is 5.73 Å². The van der Waals surface area contributed by atoms with Crippen molar-refractivity contribution in [1.82, 2.24) is 14.9 Å². The minimum atomic E-state index is -0.694. The lowest BCUT2D eigenvalue weighted by atomic mass is 9.95. The number of halogens is 1. The van der Waals surface area contributed by atoms with E-state index in [9.17, 15) is 14.3 Å². The molecule has 0 saturated heterocycles. The number of aromatic hydroxyl groups is 1. The number of aromatic nitrogens is 2. The number of hydrogen-bond donors (Lipinski definition) is 4. The number of rotatable bonds is 7. The number of H-pyrrole nitrogens is 1. The van der Waals surface area contributed by atoms with Crippen molar-refractivity contribution in [3.05, 3.63) is 65.0 Å². The van der Waals surface area contributed by atoms with Crippen molar-refractivity contribution in [2.24, 2.45) is 5.92 Å². The summed E-state index contributed by atoms with van der Waals surface area (Å²) in [5.41, 5.74) is 10.1. The number of amides is 1. The maximum Gasteiger partial charge on any atom is 0.225 e. The molecule has 0 radical (unpaired) electrons. The summed E-state index contributed by atoms with van der Waals surface area (Å²) in [6.07, 6.45) is 4.15. The molecule has 1 aromatic heterocycles. The van der Waals surface area contributed by atoms with Crippen LogP contribution in [0.5, 0.6) is 5.75 Å². The predicted octanol–water partition coefficient (Wildman–Crippen LogP) is 3.85. The van der Waals surface area contributed by atoms with E-state index in [1.807, 2.05) is 6.92 Å². The average Bonchev–Trinajstić information content (AvgIpc) is 3.52. The number of carbonyl (C=O) groups is 1. The zero-order valence-corrected chi connectivity index (χ0v) is 18.1. The van der Waals surface area contributed by atoms with Crippen molar-refractivity contribution in [3.63, 3.8) is 0 Å². The monoisotopic (exact) mass is 435 g/mol. The van der Waals surface area contributed by atoms with Crippen LogP contribution in [0, 0.1) is 17.1 Å². The van der Waals surface area contributed by atoms with Crippen molar-refractivity contribution in [2.75, 3.05) is 12.8 Å². The Labute approximate surface area is 185 Å². The molecule has 1 aliphatic rings. The zero-order chi connectivity index (χ0) is 23.0. The number of hydrogen-bond acceptors (Lipinski definition) is 5. The molecular formula is C24H26FN5O2. The lowest BCUT2D eigenvalue weighted by Gasteiger charge is -2.15. The Balaban J connectivity index is 1.55. The molecule has 32 heavy (non-hydrogen) atoms. The van der Waals surface area contributed by atoms with Crippen LogP contribution in [0.25, 0.3) is 11.1 Å². The van der Waals surface area contributed by atoms with Gasteiger partial charge in [-0.2, -0.15) is 0 Å². The Kier molecular flexibility index (Phi) is 5.69. The van der Waals surface area contributed by atoms with Gasteiger partial charge in [0, 0.05) is 24.2 Å². The van der Waals surface area contributed by atoms with Gasteiger partial charge in [0.2, 0.25) is 5.91 Å². The molecule has 1 heterocycles. The number of nitrogens with zero attached hydrogens (tertiary/aromatic N) is 2. The zero-order valence-electron chi connectivity index (χ0n) is 18.1. The predicted molar refractivity (Wildman–Crippen MR) is 121 cm³/mol. The van der Waals surface area contributed by atoms with E-state index in [2.05, 4.69) is 9.97 Å². The minimum absolute atomic E-state index is 0.129. The maximum atomic E-state index is 13.9. The molecular weight excluding hydrogens is 409 g/mol. The summed E-state index contributed by atoms with van der Waals surface area (Å²) in [5, 5.41) is 18.2. The lowest BCUT2D eigenvalue weighted by Crippen LogP contribution is -2.27. The second-order valence-corrected chi connectivity index (χ2v) is 8.22. The summed E-state index contributed by atoms with van der Waals surface area (Å²) in [6.45, 7) is 2.32. The average molecular weight is 436 g/mol. The number of aryl methyl sites for hydroxylation is 1. The van der Waals surface area contributed by atoms with Crippen LogP contribution in [0.15, 0.2) is 36.5 Å². The van der Waals surface area contributed by atoms with Gasteiger partial charge in [-0.25, -0.2) is 9.37 Å². The first-order valence-electron chi connectivity index (χ1n) is 10.6. The molecule has 0 spiro atoms. The van der Waals surface area contributed by atoms with Crippen molar-refractivity contribution in [2.45, 2.75) is 32.7 Å². The summed E-state index contributed by atoms with van der Waals surface area (Å²) < 4.78 is 13.9. The highest BCUT2D eigenvalue weighted by Gasteiger charge is 2.32. The van der Waals surface area contributed by atoms with Crippen LogP contribution in [0.4, 0.5) is 10.1 Å². The molecule has 0 aliphatic heterocycles. The fourth-order valence-electron chi connectivity index (χ4n) is 3.79. The molecule has 0 atom stereocenters. The first kappa shape index (κ1) is 21.5. The Morgan fingerprint density at radius 2 is 2.09 bits per heavy atom. The van der Waals surface area contributed by atoms with Gasteiger partial charge in [0.15, 0.2) is 17.4 Å². The van der Waals surface area contributed by atoms with Crippen molar-refractivity contribution in [1.29, 1.82) is 5.41 Å². The third kappa shape index (κ3) is 4.21. The topological polar surface area (TPSA) is 119 Å². The number of carbonyl (C=O) groups excluding carboxylic acids is 1. The standard InChI is InChI=1S/C24H26FN5O2/c1-3-13-9-21(31)19(25)10-18(13)15-6-7-17(20(26)8-15)22(27)23-28-11-16(29-23)12-30(2)24(32)14-4-5-14/h6-11,14,27,31H,3-5,12,26H2,1-2H3,(H,28,29). The lowest BCUT2D eigenvalue weighted by molar-refractivity contribution is -0.131. The molecule has 0 unspecified atom stereocenters. The summed E-state index contributed by atoms with van der Waals surface area (Å²) >= 11 is 0. The van der Waals surface area contributed by atoms with Gasteiger partial charge in [-0.05, 0) is 54.2 Å². The molecule has 8 heteroatoms. The van der Waals surface area contributed by atoms with Gasteiger partial charge >= 0.3 is 0 Å². The molecule has 2 aromatic carbocycles. The number of benzene rings is 2. The Morgan fingerprint density at radius 3 is 2.75 bits per heavy atom. The fourth-order valence-corrected chi connectivity index (χ4v) is 3.79. The van der Waals surface area contributed by atoms with E-state index in [1.165, 1.54) is 12.1 Å². The molecule has 1 aliphatic carbocycles. The molecule has 1 amide bonds. The SMILES string of the molecule is CCc1cc(O)c(F)cc1-c1ccc(C(=N)c2ncc(CN(C)C(=O)C3CC3)[nH]2)c(N)c1. The van der Waals surface area contributed by atoms with E-state index < -0.39 is 5.82 Å². The van der Waals surface area contributed by atoms with Gasteiger partial charge in [-0.3, -0.25) is 10.2 Å². The highest BCUT2D eigenvalue weighted by Crippen LogP contribution is 2.33. The first-order chi connectivity index (χ1) is 15.3. The molecule has 5 N–H and O–H groups in total. The number of phenolic OH excluding ortho intramolecular Hbond substituents is 1. The van der Waals surface area contributed by atoms with E-state index in [-0.39, 0.29) is 23.3 Å². The molecule has 4 rings (SSSR count). The van der Waals surface area contributed by atoms with Crippen molar-refractivity contribution < 1.29 is 14.3 Å². The van der Waals surface area contributed by atoms with E-state index in [0.29, 0.717) is 41.2 Å². The molecule has 166 valence electrons. The van der Waals surface area contributed by atoms with Gasteiger partial charge < -0.3 is 20.7 Å². The second kappa shape index (κ2) is 8.45. The maximum absolute atomic E-state index is 13.9.